The first-order valence-electron chi connectivity index (χ1n) is 10.3. The Morgan fingerprint density at radius 3 is 2.44 bits per heavy atom. The summed E-state index contributed by atoms with van der Waals surface area (Å²) in [6, 6.07) is 12.4. The minimum atomic E-state index is -1.49. The molecule has 0 bridgehead atoms. The molecule has 2 atom stereocenters. The highest BCUT2D eigenvalue weighted by Crippen LogP contribution is 2.28. The number of nitrogens with one attached hydrogen (secondary N) is 1. The molecular weight excluding hydrogens is 448 g/mol. The van der Waals surface area contributed by atoms with Crippen LogP contribution in [-0.4, -0.2) is 32.9 Å². The van der Waals surface area contributed by atoms with Crippen molar-refractivity contribution >= 4 is 45.6 Å². The number of halogens is 1. The average Bonchev–Trinajstić information content (AvgIpc) is 3.04. The van der Waals surface area contributed by atoms with E-state index in [0.29, 0.717) is 15.6 Å². The van der Waals surface area contributed by atoms with Gasteiger partial charge in [-0.05, 0) is 80.3 Å². The van der Waals surface area contributed by atoms with E-state index >= 15 is 0 Å². The highest BCUT2D eigenvalue weighted by molar-refractivity contribution is 7.92. The van der Waals surface area contributed by atoms with Crippen LogP contribution < -0.4 is 5.32 Å². The highest BCUT2D eigenvalue weighted by Gasteiger charge is 2.20. The molecule has 1 amide bonds. The summed E-state index contributed by atoms with van der Waals surface area (Å²) in [5.41, 5.74) is 3.30. The Balaban J connectivity index is 1.69. The summed E-state index contributed by atoms with van der Waals surface area (Å²) in [6.45, 7) is 7.34. The Kier molecular flexibility index (Phi) is 7.54. The van der Waals surface area contributed by atoms with Crippen molar-refractivity contribution in [3.05, 3.63) is 64.3 Å². The second-order valence-electron chi connectivity index (χ2n) is 8.06. The van der Waals surface area contributed by atoms with Crippen molar-refractivity contribution in [2.45, 2.75) is 44.7 Å². The number of esters is 1. The lowest BCUT2D eigenvalue weighted by Crippen LogP contribution is -2.28. The number of fused-ring (bicyclic) bond motifs is 1. The Morgan fingerprint density at radius 2 is 1.81 bits per heavy atom. The molecule has 0 saturated carbocycles. The third-order valence-electron chi connectivity index (χ3n) is 5.10. The molecule has 1 N–H and O–H groups in total. The van der Waals surface area contributed by atoms with E-state index in [9.17, 15) is 14.1 Å². The summed E-state index contributed by atoms with van der Waals surface area (Å²) in [6.07, 6.45) is -0.242. The molecule has 0 aliphatic heterocycles. The maximum absolute atomic E-state index is 12.9. The van der Waals surface area contributed by atoms with Gasteiger partial charge in [0.05, 0.1) is 22.7 Å². The summed E-state index contributed by atoms with van der Waals surface area (Å²) in [4.78, 5) is 25.2. The van der Waals surface area contributed by atoms with Gasteiger partial charge in [-0.3, -0.25) is 4.79 Å². The zero-order chi connectivity index (χ0) is 23.6. The number of carbonyl (C=O) groups excluding carboxylic acids is 2. The van der Waals surface area contributed by atoms with Crippen molar-refractivity contribution in [1.82, 2.24) is 9.88 Å². The first-order chi connectivity index (χ1) is 15.1. The van der Waals surface area contributed by atoms with Gasteiger partial charge in [-0.15, -0.1) is 0 Å². The molecule has 32 heavy (non-hydrogen) atoms. The Labute approximate surface area is 196 Å². The molecule has 2 aromatic carbocycles. The number of ether oxygens (including phenoxy) is 1. The predicted octanol–water partition coefficient (Wildman–Crippen LogP) is 4.69. The number of aryl methyl sites for hydroxylation is 2. The van der Waals surface area contributed by atoms with Crippen molar-refractivity contribution in [2.75, 3.05) is 5.75 Å². The summed E-state index contributed by atoms with van der Waals surface area (Å²) < 4.78 is 19.3. The summed E-state index contributed by atoms with van der Waals surface area (Å²) in [5, 5.41) is 4.45. The minimum Gasteiger partial charge on any atom is -0.611 e. The Morgan fingerprint density at radius 1 is 1.16 bits per heavy atom. The molecule has 0 aliphatic carbocycles. The van der Waals surface area contributed by atoms with Crippen LogP contribution in [0.2, 0.25) is 5.02 Å². The molecule has 6 nitrogen and oxygen atoms in total. The monoisotopic (exact) mass is 474 g/mol. The van der Waals surface area contributed by atoms with Crippen LogP contribution in [-0.2, 0) is 27.8 Å². The lowest BCUT2D eigenvalue weighted by Gasteiger charge is -2.16. The van der Waals surface area contributed by atoms with Crippen molar-refractivity contribution in [3.8, 4) is 0 Å². The number of hydrogen-bond donors (Lipinski definition) is 1. The zero-order valence-electron chi connectivity index (χ0n) is 18.8. The van der Waals surface area contributed by atoms with Gasteiger partial charge in [0.15, 0.2) is 4.90 Å². The van der Waals surface area contributed by atoms with Gasteiger partial charge in [0.2, 0.25) is 5.75 Å². The van der Waals surface area contributed by atoms with Crippen molar-refractivity contribution < 1.29 is 18.9 Å². The minimum absolute atomic E-state index is 0.188. The molecule has 1 heterocycles. The van der Waals surface area contributed by atoms with Crippen LogP contribution in [0.25, 0.3) is 10.9 Å². The number of rotatable bonds is 7. The Hall–Kier alpha value is -2.48. The fraction of sp³-hybridized carbons (Fsp3) is 0.333. The fourth-order valence-corrected chi connectivity index (χ4v) is 4.70. The van der Waals surface area contributed by atoms with Crippen molar-refractivity contribution in [3.63, 3.8) is 0 Å². The van der Waals surface area contributed by atoms with Crippen LogP contribution in [0.3, 0.4) is 0 Å². The van der Waals surface area contributed by atoms with E-state index in [4.69, 9.17) is 16.3 Å². The standard InChI is InChI=1S/C24H27ClN2O4S/c1-14(2)31-23(28)13-32(30)18-8-6-17(7-9-18)16(4)26-24(29)22-12-19-20(25)10-15(3)11-21(19)27(22)5/h6-12,14,16H,13H2,1-5H3,(H,26,29)/t16-,32?/m1/s1. The lowest BCUT2D eigenvalue weighted by atomic mass is 10.1. The van der Waals surface area contributed by atoms with Crippen LogP contribution in [0.5, 0.6) is 0 Å². The topological polar surface area (TPSA) is 83.4 Å². The SMILES string of the molecule is Cc1cc(Cl)c2cc(C(=O)N[C@H](C)c3ccc([S+]([O-])CC(=O)OC(C)C)cc3)n(C)c2c1. The van der Waals surface area contributed by atoms with Crippen LogP contribution in [0, 0.1) is 6.92 Å². The van der Waals surface area contributed by atoms with Crippen molar-refractivity contribution in [2.24, 2.45) is 7.05 Å². The normalized spacial score (nSPS) is 13.2. The quantitative estimate of drug-likeness (QED) is 0.397. The Bertz CT molecular complexity index is 1140. The first-order valence-corrected chi connectivity index (χ1v) is 12.0. The van der Waals surface area contributed by atoms with E-state index in [-0.39, 0.29) is 23.8 Å². The zero-order valence-corrected chi connectivity index (χ0v) is 20.3. The molecule has 1 unspecified atom stereocenters. The molecule has 8 heteroatoms. The summed E-state index contributed by atoms with van der Waals surface area (Å²) in [7, 11) is 1.84. The molecule has 1 aromatic heterocycles. The van der Waals surface area contributed by atoms with Gasteiger partial charge >= 0.3 is 5.97 Å². The number of amides is 1. The molecule has 0 aliphatic rings. The van der Waals surface area contributed by atoms with Gasteiger partial charge in [-0.1, -0.05) is 23.7 Å². The third kappa shape index (κ3) is 5.46. The average molecular weight is 475 g/mol. The maximum atomic E-state index is 12.9. The molecule has 0 radical (unpaired) electrons. The summed E-state index contributed by atoms with van der Waals surface area (Å²) in [5.74, 6) is -0.894. The van der Waals surface area contributed by atoms with E-state index in [1.165, 1.54) is 0 Å². The van der Waals surface area contributed by atoms with Gasteiger partial charge in [-0.25, -0.2) is 4.79 Å². The second kappa shape index (κ2) is 9.98. The molecular formula is C24H27ClN2O4S. The highest BCUT2D eigenvalue weighted by atomic mass is 35.5. The number of nitrogens with zero attached hydrogens (tertiary/aromatic N) is 1. The van der Waals surface area contributed by atoms with Crippen LogP contribution >= 0.6 is 11.6 Å². The van der Waals surface area contributed by atoms with Crippen LogP contribution in [0.4, 0.5) is 0 Å². The van der Waals surface area contributed by atoms with Crippen LogP contribution in [0.15, 0.2) is 47.4 Å². The smallest absolute Gasteiger partial charge is 0.357 e. The molecule has 3 aromatic rings. The molecule has 170 valence electrons. The van der Waals surface area contributed by atoms with Crippen LogP contribution in [0.1, 0.15) is 48.4 Å². The second-order valence-corrected chi connectivity index (χ2v) is 9.92. The number of benzene rings is 2. The molecule has 0 spiro atoms. The predicted molar refractivity (Wildman–Crippen MR) is 127 cm³/mol. The molecule has 0 saturated heterocycles. The first kappa shape index (κ1) is 24.2. The van der Waals surface area contributed by atoms with Gasteiger partial charge in [0, 0.05) is 12.4 Å². The number of hydrogen-bond acceptors (Lipinski definition) is 4. The van der Waals surface area contributed by atoms with E-state index in [1.807, 2.05) is 37.6 Å². The van der Waals surface area contributed by atoms with Crippen molar-refractivity contribution in [1.29, 1.82) is 0 Å². The van der Waals surface area contributed by atoms with Gasteiger partial charge < -0.3 is 19.2 Å². The van der Waals surface area contributed by atoms with E-state index in [2.05, 4.69) is 5.32 Å². The van der Waals surface area contributed by atoms with E-state index in [0.717, 1.165) is 22.0 Å². The third-order valence-corrected chi connectivity index (χ3v) is 6.70. The largest absolute Gasteiger partial charge is 0.611 e. The number of aromatic nitrogens is 1. The fourth-order valence-electron chi connectivity index (χ4n) is 3.49. The maximum Gasteiger partial charge on any atom is 0.357 e. The van der Waals surface area contributed by atoms with Gasteiger partial charge in [0.25, 0.3) is 5.91 Å². The van der Waals surface area contributed by atoms with Gasteiger partial charge in [-0.2, -0.15) is 0 Å². The number of carbonyl (C=O) groups is 2. The molecule has 3 rings (SSSR count). The lowest BCUT2D eigenvalue weighted by molar-refractivity contribution is -0.144. The summed E-state index contributed by atoms with van der Waals surface area (Å²) >= 11 is 4.87. The van der Waals surface area contributed by atoms with E-state index in [1.54, 1.807) is 44.2 Å². The molecule has 0 fully saturated rings. The van der Waals surface area contributed by atoms with E-state index < -0.39 is 17.1 Å². The van der Waals surface area contributed by atoms with Gasteiger partial charge in [0.1, 0.15) is 5.69 Å².